The number of aryl methyl sites for hydroxylation is 1. The third-order valence-electron chi connectivity index (χ3n) is 4.86. The smallest absolute Gasteiger partial charge is 0.340 e. The molecule has 1 N–H and O–H groups in total. The van der Waals surface area contributed by atoms with E-state index in [4.69, 9.17) is 4.74 Å². The van der Waals surface area contributed by atoms with Crippen LogP contribution in [-0.2, 0) is 22.6 Å². The quantitative estimate of drug-likeness (QED) is 0.476. The van der Waals surface area contributed by atoms with E-state index < -0.39 is 5.97 Å². The summed E-state index contributed by atoms with van der Waals surface area (Å²) in [5.41, 5.74) is 2.99. The first kappa shape index (κ1) is 21.0. The second-order valence-corrected chi connectivity index (χ2v) is 7.35. The van der Waals surface area contributed by atoms with E-state index >= 15 is 0 Å². The summed E-state index contributed by atoms with van der Waals surface area (Å²) in [6.45, 7) is 1.74. The molecule has 32 heavy (non-hydrogen) atoms. The lowest BCUT2D eigenvalue weighted by atomic mass is 10.1. The van der Waals surface area contributed by atoms with E-state index in [0.29, 0.717) is 17.0 Å². The average molecular weight is 427 g/mol. The molecule has 0 spiro atoms. The molecule has 0 aliphatic heterocycles. The number of nitrogens with zero attached hydrogens (tertiary/aromatic N) is 2. The Morgan fingerprint density at radius 3 is 2.56 bits per heavy atom. The highest BCUT2D eigenvalue weighted by atomic mass is 16.5. The molecule has 0 saturated heterocycles. The third kappa shape index (κ3) is 4.89. The lowest BCUT2D eigenvalue weighted by Crippen LogP contribution is -2.18. The van der Waals surface area contributed by atoms with E-state index in [-0.39, 0.29) is 30.1 Å². The van der Waals surface area contributed by atoms with Gasteiger partial charge in [-0.25, -0.2) is 9.78 Å². The highest BCUT2D eigenvalue weighted by Crippen LogP contribution is 2.17. The molecule has 0 aliphatic carbocycles. The number of carbonyl (C=O) groups is 2. The van der Waals surface area contributed by atoms with Gasteiger partial charge in [-0.1, -0.05) is 42.5 Å². The number of hydrogen-bond donors (Lipinski definition) is 1. The molecule has 4 rings (SSSR count). The Morgan fingerprint density at radius 2 is 1.75 bits per heavy atom. The number of benzene rings is 2. The van der Waals surface area contributed by atoms with Gasteiger partial charge in [0.15, 0.2) is 0 Å². The zero-order chi connectivity index (χ0) is 22.5. The molecule has 1 amide bonds. The number of nitrogens with one attached hydrogen (secondary N) is 1. The number of fused-ring (bicyclic) bond motifs is 1. The van der Waals surface area contributed by atoms with Crippen LogP contribution in [0.5, 0.6) is 0 Å². The van der Waals surface area contributed by atoms with E-state index in [0.717, 1.165) is 11.1 Å². The van der Waals surface area contributed by atoms with Gasteiger partial charge in [-0.05, 0) is 42.3 Å². The lowest BCUT2D eigenvalue weighted by Gasteiger charge is -2.11. The van der Waals surface area contributed by atoms with Gasteiger partial charge in [0, 0.05) is 12.3 Å². The number of carbonyl (C=O) groups excluding carboxylic acids is 2. The first-order valence-corrected chi connectivity index (χ1v) is 10.1. The molecule has 4 aromatic rings. The van der Waals surface area contributed by atoms with Crippen molar-refractivity contribution in [3.63, 3.8) is 0 Å². The molecule has 160 valence electrons. The summed E-state index contributed by atoms with van der Waals surface area (Å²) in [5, 5.41) is 2.77. The fourth-order valence-corrected chi connectivity index (χ4v) is 3.29. The number of para-hydroxylation sites is 1. The Morgan fingerprint density at radius 1 is 1.00 bits per heavy atom. The van der Waals surface area contributed by atoms with Crippen molar-refractivity contribution < 1.29 is 14.3 Å². The number of aromatic nitrogens is 2. The molecule has 0 saturated carbocycles. The van der Waals surface area contributed by atoms with Crippen LogP contribution in [0.1, 0.15) is 27.2 Å². The maximum atomic E-state index is 12.7. The summed E-state index contributed by atoms with van der Waals surface area (Å²) >= 11 is 0. The predicted molar refractivity (Wildman–Crippen MR) is 121 cm³/mol. The number of anilines is 1. The van der Waals surface area contributed by atoms with Crippen molar-refractivity contribution in [1.82, 2.24) is 9.38 Å². The van der Waals surface area contributed by atoms with Crippen LogP contribution in [0.3, 0.4) is 0 Å². The number of rotatable bonds is 6. The van der Waals surface area contributed by atoms with Crippen LogP contribution in [0.2, 0.25) is 0 Å². The topological polar surface area (TPSA) is 89.8 Å². The lowest BCUT2D eigenvalue weighted by molar-refractivity contribution is -0.115. The predicted octanol–water partition coefficient (Wildman–Crippen LogP) is 3.54. The summed E-state index contributed by atoms with van der Waals surface area (Å²) in [7, 11) is 0. The van der Waals surface area contributed by atoms with Gasteiger partial charge >= 0.3 is 5.97 Å². The fourth-order valence-electron chi connectivity index (χ4n) is 3.29. The summed E-state index contributed by atoms with van der Waals surface area (Å²) in [4.78, 5) is 41.8. The summed E-state index contributed by atoms with van der Waals surface area (Å²) in [5.74, 6) is -0.858. The summed E-state index contributed by atoms with van der Waals surface area (Å²) in [6, 6.07) is 20.9. The second kappa shape index (κ2) is 9.26. The van der Waals surface area contributed by atoms with Crippen molar-refractivity contribution in [2.75, 3.05) is 5.32 Å². The molecular weight excluding hydrogens is 406 g/mol. The minimum absolute atomic E-state index is 0.162. The maximum Gasteiger partial charge on any atom is 0.340 e. The van der Waals surface area contributed by atoms with Crippen molar-refractivity contribution in [1.29, 1.82) is 0 Å². The van der Waals surface area contributed by atoms with Crippen LogP contribution in [0.25, 0.3) is 5.65 Å². The zero-order valence-corrected chi connectivity index (χ0v) is 17.4. The maximum absolute atomic E-state index is 12.7. The van der Waals surface area contributed by atoms with Gasteiger partial charge in [0.25, 0.3) is 5.56 Å². The van der Waals surface area contributed by atoms with Gasteiger partial charge in [0.05, 0.1) is 23.4 Å². The number of pyridine rings is 1. The molecule has 0 atom stereocenters. The van der Waals surface area contributed by atoms with Crippen LogP contribution in [0, 0.1) is 6.92 Å². The first-order valence-electron chi connectivity index (χ1n) is 10.1. The molecule has 0 aliphatic rings. The van der Waals surface area contributed by atoms with Crippen molar-refractivity contribution in [3.8, 4) is 0 Å². The molecular formula is C25H21N3O4. The Labute approximate surface area is 184 Å². The second-order valence-electron chi connectivity index (χ2n) is 7.35. The normalized spacial score (nSPS) is 10.7. The molecule has 0 bridgehead atoms. The van der Waals surface area contributed by atoms with Crippen molar-refractivity contribution in [3.05, 3.63) is 112 Å². The Hall–Kier alpha value is -4.26. The van der Waals surface area contributed by atoms with Gasteiger partial charge in [0.1, 0.15) is 12.3 Å². The highest BCUT2D eigenvalue weighted by molar-refractivity contribution is 6.01. The van der Waals surface area contributed by atoms with Crippen LogP contribution in [0.4, 0.5) is 5.69 Å². The van der Waals surface area contributed by atoms with Gasteiger partial charge < -0.3 is 10.1 Å². The van der Waals surface area contributed by atoms with Gasteiger partial charge in [0.2, 0.25) is 5.91 Å². The first-order chi connectivity index (χ1) is 15.5. The Kier molecular flexibility index (Phi) is 6.07. The zero-order valence-electron chi connectivity index (χ0n) is 17.4. The van der Waals surface area contributed by atoms with Crippen LogP contribution in [0.15, 0.2) is 83.8 Å². The van der Waals surface area contributed by atoms with Crippen LogP contribution >= 0.6 is 0 Å². The van der Waals surface area contributed by atoms with E-state index in [1.54, 1.807) is 36.5 Å². The third-order valence-corrected chi connectivity index (χ3v) is 4.86. The SMILES string of the molecule is Cc1ccn2c(=O)cc(COC(=O)c3ccccc3NC(=O)Cc3ccccc3)nc2c1. The standard InChI is InChI=1S/C25H21N3O4/c1-17-11-12-28-22(13-17)26-19(15-24(28)30)16-32-25(31)20-9-5-6-10-21(20)27-23(29)14-18-7-3-2-4-8-18/h2-13,15H,14,16H2,1H3,(H,27,29). The van der Waals surface area contributed by atoms with Crippen molar-refractivity contribution in [2.45, 2.75) is 20.0 Å². The summed E-state index contributed by atoms with van der Waals surface area (Å²) < 4.78 is 6.81. The number of hydrogen-bond acceptors (Lipinski definition) is 5. The molecule has 7 heteroatoms. The summed E-state index contributed by atoms with van der Waals surface area (Å²) in [6.07, 6.45) is 1.85. The highest BCUT2D eigenvalue weighted by Gasteiger charge is 2.15. The van der Waals surface area contributed by atoms with Crippen molar-refractivity contribution >= 4 is 23.2 Å². The van der Waals surface area contributed by atoms with Crippen LogP contribution < -0.4 is 10.9 Å². The molecule has 0 unspecified atom stereocenters. The molecule has 2 aromatic carbocycles. The van der Waals surface area contributed by atoms with E-state index in [9.17, 15) is 14.4 Å². The van der Waals surface area contributed by atoms with E-state index in [1.165, 1.54) is 10.5 Å². The van der Waals surface area contributed by atoms with Crippen LogP contribution in [-0.4, -0.2) is 21.3 Å². The Balaban J connectivity index is 1.47. The van der Waals surface area contributed by atoms with Gasteiger partial charge in [-0.3, -0.25) is 14.0 Å². The number of amides is 1. The minimum Gasteiger partial charge on any atom is -0.456 e. The fraction of sp³-hybridized carbons (Fsp3) is 0.120. The van der Waals surface area contributed by atoms with E-state index in [2.05, 4.69) is 10.3 Å². The molecule has 2 heterocycles. The monoisotopic (exact) mass is 427 g/mol. The van der Waals surface area contributed by atoms with E-state index in [1.807, 2.05) is 43.3 Å². The molecule has 7 nitrogen and oxygen atoms in total. The van der Waals surface area contributed by atoms with Gasteiger partial charge in [-0.2, -0.15) is 0 Å². The molecule has 2 aromatic heterocycles. The number of esters is 1. The minimum atomic E-state index is -0.619. The van der Waals surface area contributed by atoms with Crippen molar-refractivity contribution in [2.24, 2.45) is 0 Å². The largest absolute Gasteiger partial charge is 0.456 e. The van der Waals surface area contributed by atoms with Gasteiger partial charge in [-0.15, -0.1) is 0 Å². The molecule has 0 radical (unpaired) electrons. The molecule has 0 fully saturated rings. The average Bonchev–Trinajstić information content (AvgIpc) is 2.78. The Bertz CT molecular complexity index is 1350. The number of ether oxygens (including phenoxy) is 1.